The van der Waals surface area contributed by atoms with Crippen LogP contribution in [0, 0.1) is 19.8 Å². The predicted molar refractivity (Wildman–Crippen MR) is 160 cm³/mol. The number of hydrogen-bond acceptors (Lipinski definition) is 4. The van der Waals surface area contributed by atoms with Crippen molar-refractivity contribution in [2.45, 2.75) is 62.2 Å². The van der Waals surface area contributed by atoms with Crippen molar-refractivity contribution in [2.24, 2.45) is 5.92 Å². The van der Waals surface area contributed by atoms with Gasteiger partial charge in [-0.15, -0.1) is 0 Å². The quantitative estimate of drug-likeness (QED) is 0.233. The summed E-state index contributed by atoms with van der Waals surface area (Å²) in [6, 6.07) is 19.4. The fraction of sp³-hybridized carbons (Fsp3) is 0.375. The molecule has 2 N–H and O–H groups in total. The lowest BCUT2D eigenvalue weighted by atomic mass is 9.90. The molecule has 42 heavy (non-hydrogen) atoms. The number of likely N-dealkylation sites (tertiary alicyclic amines) is 1. The Labute approximate surface area is 247 Å². The van der Waals surface area contributed by atoms with E-state index in [1.54, 1.807) is 0 Å². The number of hydrogen-bond donors (Lipinski definition) is 2. The van der Waals surface area contributed by atoms with Gasteiger partial charge in [-0.3, -0.25) is 14.5 Å². The van der Waals surface area contributed by atoms with Crippen molar-refractivity contribution in [2.75, 3.05) is 19.6 Å². The SMILES string of the molecule is Cc1cc(Sc2ccccc2)c(CNC(=O)c2c(C)n([C@H](C)C3CCN(CC(F)(F)F)CC3)c3ccccc23)c(=O)[nH]1. The zero-order valence-corrected chi connectivity index (χ0v) is 24.7. The summed E-state index contributed by atoms with van der Waals surface area (Å²) in [4.78, 5) is 32.8. The number of aromatic amines is 1. The van der Waals surface area contributed by atoms with Crippen molar-refractivity contribution in [3.8, 4) is 0 Å². The molecule has 1 fully saturated rings. The third-order valence-electron chi connectivity index (χ3n) is 8.13. The number of aryl methyl sites for hydroxylation is 1. The van der Waals surface area contributed by atoms with Gasteiger partial charge in [0.2, 0.25) is 0 Å². The van der Waals surface area contributed by atoms with Crippen LogP contribution in [-0.4, -0.2) is 46.2 Å². The van der Waals surface area contributed by atoms with Crippen LogP contribution in [0.15, 0.2) is 75.2 Å². The Kier molecular flexibility index (Phi) is 8.84. The molecule has 10 heteroatoms. The van der Waals surface area contributed by atoms with Crippen LogP contribution in [0.5, 0.6) is 0 Å². The second-order valence-electron chi connectivity index (χ2n) is 11.0. The molecule has 6 nitrogen and oxygen atoms in total. The molecule has 0 bridgehead atoms. The fourth-order valence-electron chi connectivity index (χ4n) is 6.08. The van der Waals surface area contributed by atoms with E-state index in [2.05, 4.69) is 21.8 Å². The molecule has 1 aliphatic rings. The molecule has 0 spiro atoms. The highest BCUT2D eigenvalue weighted by molar-refractivity contribution is 7.99. The first-order valence-corrected chi connectivity index (χ1v) is 15.0. The van der Waals surface area contributed by atoms with Gasteiger partial charge in [0, 0.05) is 44.7 Å². The highest BCUT2D eigenvalue weighted by Crippen LogP contribution is 2.36. The zero-order valence-electron chi connectivity index (χ0n) is 23.9. The number of benzene rings is 2. The number of rotatable bonds is 8. The molecule has 3 heterocycles. The van der Waals surface area contributed by atoms with Gasteiger partial charge in [-0.2, -0.15) is 13.2 Å². The molecule has 1 atom stereocenters. The van der Waals surface area contributed by atoms with Crippen molar-refractivity contribution in [1.29, 1.82) is 0 Å². The van der Waals surface area contributed by atoms with E-state index in [9.17, 15) is 22.8 Å². The molecule has 2 aromatic heterocycles. The maximum Gasteiger partial charge on any atom is 0.401 e. The van der Waals surface area contributed by atoms with Gasteiger partial charge in [-0.25, -0.2) is 0 Å². The number of amides is 1. The van der Waals surface area contributed by atoms with Gasteiger partial charge in [-0.1, -0.05) is 48.2 Å². The summed E-state index contributed by atoms with van der Waals surface area (Å²) >= 11 is 1.48. The standard InChI is InChI=1S/C32H35F3N4O2S/c1-20-17-28(42-24-9-5-4-6-10-24)26(30(40)37-20)18-36-31(41)29-22(3)39(27-12-8-7-11-25(27)29)21(2)23-13-15-38(16-14-23)19-32(33,34)35/h4-12,17,21,23H,13-16,18-19H2,1-3H3,(H,36,41)(H,37,40)/t21-/m1/s1. The summed E-state index contributed by atoms with van der Waals surface area (Å²) < 4.78 is 40.8. The molecule has 0 unspecified atom stereocenters. The number of para-hydroxylation sites is 1. The van der Waals surface area contributed by atoms with Gasteiger partial charge in [0.05, 0.1) is 17.7 Å². The lowest BCUT2D eigenvalue weighted by Gasteiger charge is -2.36. The van der Waals surface area contributed by atoms with E-state index in [1.165, 1.54) is 16.7 Å². The van der Waals surface area contributed by atoms with E-state index in [0.717, 1.165) is 32.1 Å². The van der Waals surface area contributed by atoms with E-state index in [0.29, 0.717) is 37.1 Å². The minimum atomic E-state index is -4.20. The van der Waals surface area contributed by atoms with Crippen molar-refractivity contribution in [3.05, 3.63) is 93.5 Å². The first-order valence-electron chi connectivity index (χ1n) is 14.1. The van der Waals surface area contributed by atoms with Gasteiger partial charge in [0.25, 0.3) is 11.5 Å². The average molecular weight is 597 g/mol. The molecule has 1 amide bonds. The fourth-order valence-corrected chi connectivity index (χ4v) is 7.15. The molecule has 0 radical (unpaired) electrons. The normalized spacial score (nSPS) is 15.7. The molecule has 4 aromatic rings. The minimum absolute atomic E-state index is 0.00157. The number of aromatic nitrogens is 2. The van der Waals surface area contributed by atoms with E-state index in [-0.39, 0.29) is 30.0 Å². The molecule has 5 rings (SSSR count). The van der Waals surface area contributed by atoms with Crippen LogP contribution >= 0.6 is 11.8 Å². The van der Waals surface area contributed by atoms with Crippen LogP contribution in [0.2, 0.25) is 0 Å². The van der Waals surface area contributed by atoms with E-state index in [1.807, 2.05) is 74.5 Å². The summed E-state index contributed by atoms with van der Waals surface area (Å²) in [5.41, 5.74) is 3.26. The van der Waals surface area contributed by atoms with E-state index < -0.39 is 12.7 Å². The zero-order chi connectivity index (χ0) is 30.0. The summed E-state index contributed by atoms with van der Waals surface area (Å²) in [5, 5.41) is 3.81. The van der Waals surface area contributed by atoms with Crippen molar-refractivity contribution in [3.63, 3.8) is 0 Å². The Morgan fingerprint density at radius 2 is 1.74 bits per heavy atom. The highest BCUT2D eigenvalue weighted by atomic mass is 32.2. The van der Waals surface area contributed by atoms with Gasteiger partial charge >= 0.3 is 6.18 Å². The van der Waals surface area contributed by atoms with Gasteiger partial charge in [-0.05, 0) is 76.9 Å². The average Bonchev–Trinajstić information content (AvgIpc) is 3.23. The molecule has 222 valence electrons. The number of halogens is 3. The maximum absolute atomic E-state index is 13.7. The van der Waals surface area contributed by atoms with E-state index >= 15 is 0 Å². The number of carbonyl (C=O) groups excluding carboxylic acids is 1. The number of fused-ring (bicyclic) bond motifs is 1. The molecule has 0 saturated carbocycles. The Bertz CT molecular complexity index is 1620. The minimum Gasteiger partial charge on any atom is -0.348 e. The number of pyridine rings is 1. The van der Waals surface area contributed by atoms with Crippen LogP contribution < -0.4 is 10.9 Å². The molecule has 1 saturated heterocycles. The van der Waals surface area contributed by atoms with Gasteiger partial charge < -0.3 is 14.9 Å². The van der Waals surface area contributed by atoms with Gasteiger partial charge in [0.1, 0.15) is 0 Å². The summed E-state index contributed by atoms with van der Waals surface area (Å²) in [7, 11) is 0. The number of alkyl halides is 3. The predicted octanol–water partition coefficient (Wildman–Crippen LogP) is 6.86. The first-order chi connectivity index (χ1) is 20.0. The Morgan fingerprint density at radius 1 is 1.07 bits per heavy atom. The molecule has 1 aliphatic heterocycles. The van der Waals surface area contributed by atoms with E-state index in [4.69, 9.17) is 0 Å². The molecular formula is C32H35F3N4O2S. The smallest absolute Gasteiger partial charge is 0.348 e. The van der Waals surface area contributed by atoms with Crippen LogP contribution in [0.4, 0.5) is 13.2 Å². The summed E-state index contributed by atoms with van der Waals surface area (Å²) in [6.45, 7) is 5.82. The number of piperidine rings is 1. The topological polar surface area (TPSA) is 70.1 Å². The second-order valence-corrected chi connectivity index (χ2v) is 12.2. The number of carbonyl (C=O) groups is 1. The van der Waals surface area contributed by atoms with Crippen LogP contribution in [0.1, 0.15) is 53.1 Å². The Morgan fingerprint density at radius 3 is 2.43 bits per heavy atom. The summed E-state index contributed by atoms with van der Waals surface area (Å²) in [6.07, 6.45) is -2.88. The first kappa shape index (κ1) is 30.0. The number of nitrogens with one attached hydrogen (secondary N) is 2. The van der Waals surface area contributed by atoms with Gasteiger partial charge in [0.15, 0.2) is 0 Å². The Balaban J connectivity index is 1.38. The third-order valence-corrected chi connectivity index (χ3v) is 9.23. The summed E-state index contributed by atoms with van der Waals surface area (Å²) in [5.74, 6) is -0.0890. The maximum atomic E-state index is 13.7. The largest absolute Gasteiger partial charge is 0.401 e. The van der Waals surface area contributed by atoms with Crippen LogP contribution in [0.3, 0.4) is 0 Å². The van der Waals surface area contributed by atoms with Crippen LogP contribution in [-0.2, 0) is 6.54 Å². The third kappa shape index (κ3) is 6.60. The molecule has 0 aliphatic carbocycles. The lowest BCUT2D eigenvalue weighted by Crippen LogP contribution is -2.41. The van der Waals surface area contributed by atoms with Crippen molar-refractivity contribution in [1.82, 2.24) is 19.8 Å². The van der Waals surface area contributed by atoms with Crippen molar-refractivity contribution >= 4 is 28.6 Å². The molecule has 2 aromatic carbocycles. The Hall–Kier alpha value is -3.50. The monoisotopic (exact) mass is 596 g/mol. The van der Waals surface area contributed by atoms with Crippen LogP contribution in [0.25, 0.3) is 10.9 Å². The van der Waals surface area contributed by atoms with Crippen molar-refractivity contribution < 1.29 is 18.0 Å². The lowest BCUT2D eigenvalue weighted by molar-refractivity contribution is -0.149. The number of nitrogens with zero attached hydrogens (tertiary/aromatic N) is 2. The highest BCUT2D eigenvalue weighted by Gasteiger charge is 2.34. The number of H-pyrrole nitrogens is 1. The second kappa shape index (κ2) is 12.4. The molecular weight excluding hydrogens is 561 g/mol.